The summed E-state index contributed by atoms with van der Waals surface area (Å²) in [5.41, 5.74) is 1.29. The summed E-state index contributed by atoms with van der Waals surface area (Å²) in [7, 11) is 3.39. The van der Waals surface area contributed by atoms with Crippen molar-refractivity contribution in [2.24, 2.45) is 0 Å². The van der Waals surface area contributed by atoms with Gasteiger partial charge in [0.25, 0.3) is 5.91 Å². The van der Waals surface area contributed by atoms with E-state index in [1.54, 1.807) is 32.4 Å². The molecule has 1 aliphatic heterocycles. The van der Waals surface area contributed by atoms with E-state index in [0.29, 0.717) is 36.0 Å². The summed E-state index contributed by atoms with van der Waals surface area (Å²) < 4.78 is 1.98. The lowest BCUT2D eigenvalue weighted by Crippen LogP contribution is -2.37. The van der Waals surface area contributed by atoms with Crippen molar-refractivity contribution in [2.75, 3.05) is 25.5 Å². The van der Waals surface area contributed by atoms with Crippen LogP contribution in [0.15, 0.2) is 18.3 Å². The van der Waals surface area contributed by atoms with Gasteiger partial charge < -0.3 is 19.5 Å². The number of amides is 1. The van der Waals surface area contributed by atoms with Crippen molar-refractivity contribution in [1.29, 1.82) is 0 Å². The van der Waals surface area contributed by atoms with E-state index >= 15 is 0 Å². The van der Waals surface area contributed by atoms with Crippen molar-refractivity contribution in [3.8, 4) is 0 Å². The minimum absolute atomic E-state index is 0.0780. The fourth-order valence-electron chi connectivity index (χ4n) is 3.28. The fourth-order valence-corrected chi connectivity index (χ4v) is 3.28. The second-order valence-corrected chi connectivity index (χ2v) is 6.46. The average molecular weight is 343 g/mol. The highest BCUT2D eigenvalue weighted by atomic mass is 16.4. The smallest absolute Gasteiger partial charge is 0.356 e. The Morgan fingerprint density at radius 1 is 1.32 bits per heavy atom. The van der Waals surface area contributed by atoms with Crippen LogP contribution >= 0.6 is 0 Å². The van der Waals surface area contributed by atoms with Crippen molar-refractivity contribution in [3.63, 3.8) is 0 Å². The maximum atomic E-state index is 12.0. The largest absolute Gasteiger partial charge is 0.476 e. The van der Waals surface area contributed by atoms with E-state index in [9.17, 15) is 14.7 Å². The molecule has 1 atom stereocenters. The molecule has 0 aliphatic carbocycles. The number of rotatable bonds is 3. The number of hydrogen-bond acceptors (Lipinski definition) is 5. The number of imidazole rings is 1. The Balaban J connectivity index is 1.91. The Labute approximate surface area is 145 Å². The van der Waals surface area contributed by atoms with E-state index in [2.05, 4.69) is 9.97 Å². The molecule has 1 amide bonds. The van der Waals surface area contributed by atoms with Gasteiger partial charge >= 0.3 is 5.97 Å². The molecule has 1 aliphatic rings. The normalized spacial score (nSPS) is 16.5. The molecule has 0 bridgehead atoms. The van der Waals surface area contributed by atoms with Crippen LogP contribution < -0.4 is 4.90 Å². The zero-order chi connectivity index (χ0) is 18.3. The second-order valence-electron chi connectivity index (χ2n) is 6.46. The fraction of sp³-hybridized carbons (Fsp3) is 0.412. The second kappa shape index (κ2) is 6.19. The third-order valence-corrected chi connectivity index (χ3v) is 4.38. The highest BCUT2D eigenvalue weighted by molar-refractivity contribution is 5.93. The SMILES string of the molecule is Cc1nc(C(=O)O)c2n1[C@@H](C)CN(c1ccc(C(=O)N(C)C)cn1)C2. The van der Waals surface area contributed by atoms with Crippen LogP contribution in [-0.2, 0) is 6.54 Å². The molecule has 0 saturated heterocycles. The predicted octanol–water partition coefficient (Wildman–Crippen LogP) is 1.57. The summed E-state index contributed by atoms with van der Waals surface area (Å²) in [5.74, 6) is 0.293. The number of nitrogens with zero attached hydrogens (tertiary/aromatic N) is 5. The number of aromatic carboxylic acids is 1. The Bertz CT molecular complexity index is 826. The van der Waals surface area contributed by atoms with Crippen LogP contribution in [0.3, 0.4) is 0 Å². The molecule has 1 N–H and O–H groups in total. The predicted molar refractivity (Wildman–Crippen MR) is 91.9 cm³/mol. The van der Waals surface area contributed by atoms with Crippen molar-refractivity contribution in [1.82, 2.24) is 19.4 Å². The third kappa shape index (κ3) is 2.95. The monoisotopic (exact) mass is 343 g/mol. The molecular weight excluding hydrogens is 322 g/mol. The number of hydrogen-bond donors (Lipinski definition) is 1. The molecule has 0 unspecified atom stereocenters. The van der Waals surface area contributed by atoms with Gasteiger partial charge in [0.2, 0.25) is 0 Å². The van der Waals surface area contributed by atoms with Gasteiger partial charge in [0.05, 0.1) is 17.8 Å². The highest BCUT2D eigenvalue weighted by Crippen LogP contribution is 2.28. The number of anilines is 1. The molecule has 2 aromatic rings. The molecule has 0 saturated carbocycles. The van der Waals surface area contributed by atoms with Crippen molar-refractivity contribution < 1.29 is 14.7 Å². The third-order valence-electron chi connectivity index (χ3n) is 4.38. The molecule has 132 valence electrons. The molecule has 2 aromatic heterocycles. The topological polar surface area (TPSA) is 91.6 Å². The molecule has 0 spiro atoms. The summed E-state index contributed by atoms with van der Waals surface area (Å²) in [6.45, 7) is 4.96. The van der Waals surface area contributed by atoms with Gasteiger partial charge in [0, 0.05) is 32.9 Å². The quantitative estimate of drug-likeness (QED) is 0.909. The number of carbonyl (C=O) groups is 2. The molecule has 0 fully saturated rings. The van der Waals surface area contributed by atoms with Crippen molar-refractivity contribution >= 4 is 17.7 Å². The van der Waals surface area contributed by atoms with Gasteiger partial charge in [-0.15, -0.1) is 0 Å². The Hall–Kier alpha value is -2.90. The molecule has 0 radical (unpaired) electrons. The van der Waals surface area contributed by atoms with Gasteiger partial charge in [-0.2, -0.15) is 0 Å². The van der Waals surface area contributed by atoms with E-state index in [1.165, 1.54) is 4.90 Å². The number of carboxylic acid groups (broad SMARTS) is 1. The number of pyridine rings is 1. The van der Waals surface area contributed by atoms with Gasteiger partial charge in [-0.25, -0.2) is 14.8 Å². The molecule has 8 nitrogen and oxygen atoms in total. The highest BCUT2D eigenvalue weighted by Gasteiger charge is 2.30. The van der Waals surface area contributed by atoms with E-state index in [0.717, 1.165) is 0 Å². The standard InChI is InChI=1S/C17H21N5O3/c1-10-8-21(9-13-15(17(24)25)19-11(2)22(10)13)14-6-5-12(7-18-14)16(23)20(3)4/h5-7,10H,8-9H2,1-4H3,(H,24,25)/t10-/m0/s1. The van der Waals surface area contributed by atoms with Crippen LogP contribution in [0.25, 0.3) is 0 Å². The van der Waals surface area contributed by atoms with E-state index < -0.39 is 5.97 Å². The lowest BCUT2D eigenvalue weighted by molar-refractivity contribution is 0.0688. The van der Waals surface area contributed by atoms with Crippen molar-refractivity contribution in [2.45, 2.75) is 26.4 Å². The van der Waals surface area contributed by atoms with Crippen LogP contribution in [0.4, 0.5) is 5.82 Å². The minimum Gasteiger partial charge on any atom is -0.476 e. The van der Waals surface area contributed by atoms with Gasteiger partial charge in [-0.1, -0.05) is 0 Å². The number of fused-ring (bicyclic) bond motifs is 1. The molecule has 0 aromatic carbocycles. The van der Waals surface area contributed by atoms with Crippen LogP contribution in [0.2, 0.25) is 0 Å². The number of aromatic nitrogens is 3. The minimum atomic E-state index is -1.02. The molecular formula is C17H21N5O3. The maximum absolute atomic E-state index is 12.0. The Kier molecular flexibility index (Phi) is 4.20. The van der Waals surface area contributed by atoms with Crippen LogP contribution in [0.5, 0.6) is 0 Å². The van der Waals surface area contributed by atoms with Gasteiger partial charge in [-0.05, 0) is 26.0 Å². The summed E-state index contributed by atoms with van der Waals surface area (Å²) in [5, 5.41) is 9.39. The van der Waals surface area contributed by atoms with Gasteiger partial charge in [-0.3, -0.25) is 4.79 Å². The number of carbonyl (C=O) groups excluding carboxylic acids is 1. The maximum Gasteiger partial charge on any atom is 0.356 e. The lowest BCUT2D eigenvalue weighted by atomic mass is 10.1. The van der Waals surface area contributed by atoms with Gasteiger partial charge in [0.1, 0.15) is 11.6 Å². The summed E-state index contributed by atoms with van der Waals surface area (Å²) in [6, 6.07) is 3.61. The van der Waals surface area contributed by atoms with Gasteiger partial charge in [0.15, 0.2) is 5.69 Å². The average Bonchev–Trinajstić information content (AvgIpc) is 2.91. The summed E-state index contributed by atoms with van der Waals surface area (Å²) >= 11 is 0. The van der Waals surface area contributed by atoms with E-state index in [4.69, 9.17) is 0 Å². The first-order chi connectivity index (χ1) is 11.8. The Morgan fingerprint density at radius 3 is 2.60 bits per heavy atom. The first-order valence-corrected chi connectivity index (χ1v) is 8.03. The van der Waals surface area contributed by atoms with Crippen LogP contribution in [0, 0.1) is 6.92 Å². The summed E-state index contributed by atoms with van der Waals surface area (Å²) in [4.78, 5) is 35.5. The van der Waals surface area contributed by atoms with Crippen molar-refractivity contribution in [3.05, 3.63) is 41.1 Å². The van der Waals surface area contributed by atoms with E-state index in [1.807, 2.05) is 23.3 Å². The first-order valence-electron chi connectivity index (χ1n) is 8.03. The van der Waals surface area contributed by atoms with Crippen LogP contribution in [0.1, 0.15) is 45.3 Å². The van der Waals surface area contributed by atoms with Crippen LogP contribution in [-0.4, -0.2) is 57.1 Å². The zero-order valence-corrected chi connectivity index (χ0v) is 14.7. The molecule has 25 heavy (non-hydrogen) atoms. The number of aryl methyl sites for hydroxylation is 1. The zero-order valence-electron chi connectivity index (χ0n) is 14.7. The molecule has 8 heteroatoms. The number of carboxylic acids is 1. The first kappa shape index (κ1) is 16.9. The summed E-state index contributed by atoms with van der Waals surface area (Å²) in [6.07, 6.45) is 1.55. The molecule has 3 rings (SSSR count). The lowest BCUT2D eigenvalue weighted by Gasteiger charge is -2.34. The van der Waals surface area contributed by atoms with E-state index in [-0.39, 0.29) is 17.6 Å². The molecule has 3 heterocycles. The Morgan fingerprint density at radius 2 is 2.04 bits per heavy atom.